The van der Waals surface area contributed by atoms with Gasteiger partial charge in [-0.05, 0) is 25.5 Å². The molecule has 1 fully saturated rings. The predicted molar refractivity (Wildman–Crippen MR) is 68.8 cm³/mol. The Balaban J connectivity index is 1.78. The minimum Gasteiger partial charge on any atom is -0.337 e. The van der Waals surface area contributed by atoms with Crippen molar-refractivity contribution in [2.75, 3.05) is 6.54 Å². The molecule has 0 spiro atoms. The number of hydrogen-bond acceptors (Lipinski definition) is 3. The van der Waals surface area contributed by atoms with Crippen molar-refractivity contribution in [3.05, 3.63) is 36.2 Å². The quantitative estimate of drug-likeness (QED) is 0.898. The van der Waals surface area contributed by atoms with Crippen molar-refractivity contribution >= 4 is 0 Å². The van der Waals surface area contributed by atoms with Crippen LogP contribution in [0.3, 0.4) is 0 Å². The molecule has 0 amide bonds. The fourth-order valence-corrected chi connectivity index (χ4v) is 2.72. The third-order valence-electron chi connectivity index (χ3n) is 3.76. The molecule has 1 aliphatic heterocycles. The number of piperidine rings is 1. The normalized spacial score (nSPS) is 21.3. The van der Waals surface area contributed by atoms with Crippen LogP contribution >= 0.6 is 0 Å². The van der Waals surface area contributed by atoms with Gasteiger partial charge in [-0.3, -0.25) is 10.00 Å². The zero-order valence-electron chi connectivity index (χ0n) is 10.7. The minimum atomic E-state index is 0.456. The molecule has 1 aliphatic rings. The number of nitrogens with zero attached hydrogens (tertiary/aromatic N) is 4. The first-order valence-corrected chi connectivity index (χ1v) is 6.54. The Kier molecular flexibility index (Phi) is 3.15. The second-order valence-corrected chi connectivity index (χ2v) is 4.95. The van der Waals surface area contributed by atoms with Crippen molar-refractivity contribution < 1.29 is 0 Å². The molecule has 1 atom stereocenters. The summed E-state index contributed by atoms with van der Waals surface area (Å²) < 4.78 is 2.10. The van der Waals surface area contributed by atoms with Crippen molar-refractivity contribution in [3.63, 3.8) is 0 Å². The van der Waals surface area contributed by atoms with E-state index in [1.807, 2.05) is 18.6 Å². The molecular formula is C13H19N5. The highest BCUT2D eigenvalue weighted by atomic mass is 15.2. The molecule has 3 heterocycles. The van der Waals surface area contributed by atoms with E-state index in [0.29, 0.717) is 6.04 Å². The number of aromatic nitrogens is 4. The van der Waals surface area contributed by atoms with Crippen LogP contribution in [0.2, 0.25) is 0 Å². The summed E-state index contributed by atoms with van der Waals surface area (Å²) in [7, 11) is 2.05. The van der Waals surface area contributed by atoms with Crippen molar-refractivity contribution in [1.82, 2.24) is 24.6 Å². The van der Waals surface area contributed by atoms with Crippen molar-refractivity contribution in [1.29, 1.82) is 0 Å². The van der Waals surface area contributed by atoms with Crippen LogP contribution in [0.1, 0.15) is 36.8 Å². The minimum absolute atomic E-state index is 0.456. The summed E-state index contributed by atoms with van der Waals surface area (Å²) >= 11 is 0. The maximum absolute atomic E-state index is 4.42. The molecule has 0 unspecified atom stereocenters. The maximum Gasteiger partial charge on any atom is 0.122 e. The van der Waals surface area contributed by atoms with Crippen molar-refractivity contribution in [3.8, 4) is 0 Å². The Labute approximate surface area is 107 Å². The van der Waals surface area contributed by atoms with Crippen LogP contribution in [0.15, 0.2) is 24.7 Å². The van der Waals surface area contributed by atoms with Crippen LogP contribution in [-0.2, 0) is 13.6 Å². The number of H-pyrrole nitrogens is 1. The highest BCUT2D eigenvalue weighted by Gasteiger charge is 2.25. The number of likely N-dealkylation sites (tertiary alicyclic amines) is 1. The molecule has 0 radical (unpaired) electrons. The summed E-state index contributed by atoms with van der Waals surface area (Å²) in [4.78, 5) is 6.92. The summed E-state index contributed by atoms with van der Waals surface area (Å²) in [6.45, 7) is 2.05. The molecule has 5 heteroatoms. The molecule has 1 N–H and O–H groups in total. The van der Waals surface area contributed by atoms with Gasteiger partial charge in [0.25, 0.3) is 0 Å². The van der Waals surface area contributed by atoms with Gasteiger partial charge in [-0.1, -0.05) is 6.42 Å². The van der Waals surface area contributed by atoms with Crippen molar-refractivity contribution in [2.45, 2.75) is 31.8 Å². The summed E-state index contributed by atoms with van der Waals surface area (Å²) in [5.74, 6) is 1.13. The van der Waals surface area contributed by atoms with Gasteiger partial charge in [-0.15, -0.1) is 0 Å². The van der Waals surface area contributed by atoms with Gasteiger partial charge in [-0.2, -0.15) is 5.10 Å². The molecule has 0 bridgehead atoms. The molecule has 2 aromatic heterocycles. The van der Waals surface area contributed by atoms with Gasteiger partial charge in [0.2, 0.25) is 0 Å². The molecule has 5 nitrogen and oxygen atoms in total. The standard InChI is InChI=1S/C13H19N5/c1-17-9-7-14-13(17)10-18-8-3-2-4-12(18)11-5-6-15-16-11/h5-7,9,12H,2-4,8,10H2,1H3,(H,15,16)/t12-/m0/s1. The van der Waals surface area contributed by atoms with Gasteiger partial charge in [0.1, 0.15) is 5.82 Å². The number of imidazole rings is 1. The van der Waals surface area contributed by atoms with Crippen molar-refractivity contribution in [2.24, 2.45) is 7.05 Å². The van der Waals surface area contributed by atoms with E-state index in [1.165, 1.54) is 25.0 Å². The lowest BCUT2D eigenvalue weighted by Crippen LogP contribution is -2.34. The predicted octanol–water partition coefficient (Wildman–Crippen LogP) is 1.87. The highest BCUT2D eigenvalue weighted by Crippen LogP contribution is 2.30. The maximum atomic E-state index is 4.42. The molecular weight excluding hydrogens is 226 g/mol. The van der Waals surface area contributed by atoms with Gasteiger partial charge in [0.05, 0.1) is 18.3 Å². The molecule has 96 valence electrons. The topological polar surface area (TPSA) is 49.7 Å². The average Bonchev–Trinajstić information content (AvgIpc) is 3.03. The summed E-state index contributed by atoms with van der Waals surface area (Å²) in [5, 5.41) is 7.19. The second-order valence-electron chi connectivity index (χ2n) is 4.95. The number of aromatic amines is 1. The van der Waals surface area contributed by atoms with Gasteiger partial charge < -0.3 is 4.57 Å². The first kappa shape index (κ1) is 11.5. The van der Waals surface area contributed by atoms with E-state index < -0.39 is 0 Å². The first-order chi connectivity index (χ1) is 8.84. The Hall–Kier alpha value is -1.62. The van der Waals surface area contributed by atoms with Crippen LogP contribution in [0, 0.1) is 0 Å². The highest BCUT2D eigenvalue weighted by molar-refractivity contribution is 5.07. The van der Waals surface area contributed by atoms with E-state index in [4.69, 9.17) is 0 Å². The lowest BCUT2D eigenvalue weighted by molar-refractivity contribution is 0.132. The number of nitrogens with one attached hydrogen (secondary N) is 1. The first-order valence-electron chi connectivity index (χ1n) is 6.54. The molecule has 2 aromatic rings. The van der Waals surface area contributed by atoms with E-state index in [-0.39, 0.29) is 0 Å². The summed E-state index contributed by atoms with van der Waals surface area (Å²) in [6.07, 6.45) is 9.47. The third-order valence-corrected chi connectivity index (χ3v) is 3.76. The Morgan fingerprint density at radius 1 is 1.39 bits per heavy atom. The number of aryl methyl sites for hydroxylation is 1. The summed E-state index contributed by atoms with van der Waals surface area (Å²) in [6, 6.07) is 2.54. The fraction of sp³-hybridized carbons (Fsp3) is 0.538. The largest absolute Gasteiger partial charge is 0.337 e. The molecule has 0 saturated carbocycles. The molecule has 0 aliphatic carbocycles. The molecule has 18 heavy (non-hydrogen) atoms. The van der Waals surface area contributed by atoms with E-state index in [0.717, 1.165) is 18.9 Å². The number of rotatable bonds is 3. The lowest BCUT2D eigenvalue weighted by atomic mass is 9.99. The van der Waals surface area contributed by atoms with Gasteiger partial charge in [-0.25, -0.2) is 4.98 Å². The zero-order chi connectivity index (χ0) is 12.4. The average molecular weight is 245 g/mol. The monoisotopic (exact) mass is 245 g/mol. The fourth-order valence-electron chi connectivity index (χ4n) is 2.72. The molecule has 0 aromatic carbocycles. The van der Waals surface area contributed by atoms with Gasteiger partial charge >= 0.3 is 0 Å². The Morgan fingerprint density at radius 2 is 2.33 bits per heavy atom. The SMILES string of the molecule is Cn1ccnc1CN1CCCC[C@H]1c1ccn[nH]1. The van der Waals surface area contributed by atoms with E-state index in [2.05, 4.69) is 37.8 Å². The Morgan fingerprint density at radius 3 is 3.06 bits per heavy atom. The third kappa shape index (κ3) is 2.18. The van der Waals surface area contributed by atoms with Crippen LogP contribution in [0.25, 0.3) is 0 Å². The summed E-state index contributed by atoms with van der Waals surface area (Å²) in [5.41, 5.74) is 1.23. The van der Waals surface area contributed by atoms with Crippen LogP contribution in [0.5, 0.6) is 0 Å². The smallest absolute Gasteiger partial charge is 0.122 e. The van der Waals surface area contributed by atoms with E-state index >= 15 is 0 Å². The molecule has 3 rings (SSSR count). The van der Waals surface area contributed by atoms with Crippen LogP contribution in [0.4, 0.5) is 0 Å². The second kappa shape index (κ2) is 4.94. The lowest BCUT2D eigenvalue weighted by Gasteiger charge is -2.34. The number of hydrogen-bond donors (Lipinski definition) is 1. The van der Waals surface area contributed by atoms with Gasteiger partial charge in [0.15, 0.2) is 0 Å². The van der Waals surface area contributed by atoms with Gasteiger partial charge in [0, 0.05) is 25.6 Å². The molecule has 1 saturated heterocycles. The van der Waals surface area contributed by atoms with E-state index in [9.17, 15) is 0 Å². The van der Waals surface area contributed by atoms with Crippen LogP contribution in [-0.4, -0.2) is 31.2 Å². The van der Waals surface area contributed by atoms with Crippen LogP contribution < -0.4 is 0 Å². The Bertz CT molecular complexity index is 487. The zero-order valence-corrected chi connectivity index (χ0v) is 10.7. The van der Waals surface area contributed by atoms with E-state index in [1.54, 1.807) is 0 Å².